The minimum atomic E-state index is -4.58. The third-order valence-corrected chi connectivity index (χ3v) is 3.34. The molecule has 0 amide bonds. The van der Waals surface area contributed by atoms with Crippen LogP contribution in [0.15, 0.2) is 34.2 Å². The summed E-state index contributed by atoms with van der Waals surface area (Å²) in [6, 6.07) is 4.70. The van der Waals surface area contributed by atoms with Crippen LogP contribution in [-0.4, -0.2) is 32.2 Å². The minimum Gasteiger partial charge on any atom is -0.481 e. The molecule has 0 radical (unpaired) electrons. The van der Waals surface area contributed by atoms with E-state index in [0.29, 0.717) is 4.68 Å². The quantitative estimate of drug-likeness (QED) is 0.619. The molecule has 0 fully saturated rings. The Morgan fingerprint density at radius 1 is 1.40 bits per heavy atom. The highest BCUT2D eigenvalue weighted by atomic mass is 32.1. The molecule has 2 aromatic rings. The molecule has 1 aromatic carbocycles. The molecule has 0 saturated carbocycles. The van der Waals surface area contributed by atoms with Crippen molar-refractivity contribution in [3.8, 4) is 0 Å². The largest absolute Gasteiger partial charge is 0.481 e. The first-order valence-corrected chi connectivity index (χ1v) is 7.24. The number of carbonyl (C=O) groups is 1. The van der Waals surface area contributed by atoms with Crippen LogP contribution in [0.1, 0.15) is 23.2 Å². The number of nitrogens with zero attached hydrogens (tertiary/aromatic N) is 3. The number of H-pyrrole nitrogens is 1. The van der Waals surface area contributed by atoms with E-state index in [9.17, 15) is 22.8 Å². The molecule has 0 aliphatic heterocycles. The summed E-state index contributed by atoms with van der Waals surface area (Å²) in [6.45, 7) is 0. The van der Waals surface area contributed by atoms with Crippen molar-refractivity contribution >= 4 is 24.4 Å². The summed E-state index contributed by atoms with van der Waals surface area (Å²) < 4.78 is 39.3. The van der Waals surface area contributed by atoms with Crippen LogP contribution in [-0.2, 0) is 17.4 Å². The Hall–Kier alpha value is -2.82. The lowest BCUT2D eigenvalue weighted by Gasteiger charge is -2.09. The highest BCUT2D eigenvalue weighted by molar-refractivity contribution is 7.71. The molecule has 0 unspecified atom stereocenters. The fourth-order valence-corrected chi connectivity index (χ4v) is 2.08. The van der Waals surface area contributed by atoms with Crippen LogP contribution < -0.4 is 5.56 Å². The molecule has 0 aliphatic carbocycles. The van der Waals surface area contributed by atoms with Crippen LogP contribution in [0.4, 0.5) is 13.2 Å². The average Bonchev–Trinajstić information content (AvgIpc) is 2.53. The van der Waals surface area contributed by atoms with Crippen molar-refractivity contribution in [2.45, 2.75) is 19.0 Å². The van der Waals surface area contributed by atoms with Crippen molar-refractivity contribution in [2.24, 2.45) is 5.10 Å². The van der Waals surface area contributed by atoms with Gasteiger partial charge in [0.15, 0.2) is 0 Å². The summed E-state index contributed by atoms with van der Waals surface area (Å²) >= 11 is 4.85. The topological polar surface area (TPSA) is 100 Å². The van der Waals surface area contributed by atoms with Crippen molar-refractivity contribution in [2.75, 3.05) is 0 Å². The third kappa shape index (κ3) is 4.59. The zero-order valence-corrected chi connectivity index (χ0v) is 13.3. The summed E-state index contributed by atoms with van der Waals surface area (Å²) in [4.78, 5) is 22.8. The number of nitrogens with one attached hydrogen (secondary N) is 1. The summed E-state index contributed by atoms with van der Waals surface area (Å²) in [5, 5.41) is 18.3. The second-order valence-corrected chi connectivity index (χ2v) is 5.20. The van der Waals surface area contributed by atoms with Crippen LogP contribution in [0.3, 0.4) is 0 Å². The molecule has 0 saturated heterocycles. The average molecular weight is 372 g/mol. The monoisotopic (exact) mass is 372 g/mol. The second-order valence-electron chi connectivity index (χ2n) is 4.82. The van der Waals surface area contributed by atoms with Gasteiger partial charge in [-0.3, -0.25) is 14.7 Å². The van der Waals surface area contributed by atoms with E-state index in [1.165, 1.54) is 18.2 Å². The Labute approximate surface area is 143 Å². The van der Waals surface area contributed by atoms with Gasteiger partial charge in [0.2, 0.25) is 4.77 Å². The highest BCUT2D eigenvalue weighted by Gasteiger charge is 2.32. The van der Waals surface area contributed by atoms with E-state index in [-0.39, 0.29) is 28.9 Å². The highest BCUT2D eigenvalue weighted by Crippen LogP contribution is 2.31. The molecule has 0 aliphatic rings. The van der Waals surface area contributed by atoms with Gasteiger partial charge in [-0.25, -0.2) is 0 Å². The first kappa shape index (κ1) is 18.5. The van der Waals surface area contributed by atoms with Crippen molar-refractivity contribution in [3.05, 3.63) is 56.2 Å². The first-order chi connectivity index (χ1) is 11.7. The lowest BCUT2D eigenvalue weighted by molar-refractivity contribution is -0.138. The summed E-state index contributed by atoms with van der Waals surface area (Å²) in [7, 11) is 0. The number of hydrogen-bond donors (Lipinski definition) is 2. The van der Waals surface area contributed by atoms with E-state index in [2.05, 4.69) is 15.3 Å². The van der Waals surface area contributed by atoms with Gasteiger partial charge in [0.1, 0.15) is 5.69 Å². The summed E-state index contributed by atoms with van der Waals surface area (Å²) in [5.74, 6) is -1.13. The predicted molar refractivity (Wildman–Crippen MR) is 84.1 cm³/mol. The van der Waals surface area contributed by atoms with Crippen molar-refractivity contribution in [1.29, 1.82) is 0 Å². The lowest BCUT2D eigenvalue weighted by Crippen LogP contribution is -2.25. The Morgan fingerprint density at radius 3 is 2.72 bits per heavy atom. The van der Waals surface area contributed by atoms with E-state index in [1.54, 1.807) is 0 Å². The summed E-state index contributed by atoms with van der Waals surface area (Å²) in [6.07, 6.45) is -4.24. The molecular weight excluding hydrogens is 361 g/mol. The van der Waals surface area contributed by atoms with Gasteiger partial charge in [0, 0.05) is 12.0 Å². The number of benzene rings is 1. The van der Waals surface area contributed by atoms with Crippen molar-refractivity contribution in [3.63, 3.8) is 0 Å². The van der Waals surface area contributed by atoms with Gasteiger partial charge >= 0.3 is 12.1 Å². The summed E-state index contributed by atoms with van der Waals surface area (Å²) in [5.41, 5.74) is -2.11. The Kier molecular flexibility index (Phi) is 5.47. The molecule has 132 valence electrons. The van der Waals surface area contributed by atoms with E-state index in [4.69, 9.17) is 17.3 Å². The van der Waals surface area contributed by atoms with Gasteiger partial charge in [0.25, 0.3) is 5.56 Å². The number of hydrogen-bond acceptors (Lipinski definition) is 5. The lowest BCUT2D eigenvalue weighted by atomic mass is 10.1. The number of rotatable bonds is 5. The van der Waals surface area contributed by atoms with Gasteiger partial charge in [-0.2, -0.15) is 28.0 Å². The van der Waals surface area contributed by atoms with E-state index >= 15 is 0 Å². The number of alkyl halides is 3. The van der Waals surface area contributed by atoms with Gasteiger partial charge in [-0.05, 0) is 18.3 Å². The number of aryl methyl sites for hydroxylation is 1. The smallest absolute Gasteiger partial charge is 0.417 e. The maximum atomic E-state index is 13.0. The fourth-order valence-electron chi connectivity index (χ4n) is 1.91. The number of aromatic nitrogens is 3. The zero-order chi connectivity index (χ0) is 18.6. The fraction of sp³-hybridized carbons (Fsp3) is 0.214. The third-order valence-electron chi connectivity index (χ3n) is 3.07. The number of aromatic amines is 1. The molecule has 1 aromatic heterocycles. The van der Waals surface area contributed by atoms with Crippen LogP contribution in [0, 0.1) is 4.77 Å². The van der Waals surface area contributed by atoms with Crippen LogP contribution in [0.5, 0.6) is 0 Å². The molecule has 0 bridgehead atoms. The molecule has 2 N–H and O–H groups in total. The number of aliphatic carboxylic acids is 1. The Balaban J connectivity index is 2.43. The van der Waals surface area contributed by atoms with Gasteiger partial charge in [-0.1, -0.05) is 18.2 Å². The first-order valence-electron chi connectivity index (χ1n) is 6.83. The number of carboxylic acid groups (broad SMARTS) is 1. The van der Waals surface area contributed by atoms with Crippen molar-refractivity contribution in [1.82, 2.24) is 14.9 Å². The number of halogens is 3. The van der Waals surface area contributed by atoms with Crippen molar-refractivity contribution < 1.29 is 23.1 Å². The van der Waals surface area contributed by atoms with Crippen LogP contribution in [0.25, 0.3) is 0 Å². The predicted octanol–water partition coefficient (Wildman–Crippen LogP) is 2.22. The Bertz CT molecular complexity index is 934. The van der Waals surface area contributed by atoms with E-state index < -0.39 is 23.3 Å². The molecule has 2 rings (SSSR count). The standard InChI is InChI=1S/C14H11F3N4O3S/c15-14(16,17)9-4-2-1-3-8(9)7-18-21-12(24)10(5-6-11(22)23)19-20-13(21)25/h1-4,7H,5-6H2,(H,20,25)(H,22,23)/b18-7-. The Morgan fingerprint density at radius 2 is 2.08 bits per heavy atom. The van der Waals surface area contributed by atoms with Crippen LogP contribution in [0.2, 0.25) is 0 Å². The van der Waals surface area contributed by atoms with Gasteiger partial charge < -0.3 is 5.11 Å². The van der Waals surface area contributed by atoms with E-state index in [1.807, 2.05) is 0 Å². The molecule has 0 atom stereocenters. The maximum Gasteiger partial charge on any atom is 0.417 e. The van der Waals surface area contributed by atoms with Gasteiger partial charge in [-0.15, -0.1) is 0 Å². The maximum absolute atomic E-state index is 13.0. The molecular formula is C14H11F3N4O3S. The second kappa shape index (κ2) is 7.38. The van der Waals surface area contributed by atoms with Gasteiger partial charge in [0.05, 0.1) is 18.2 Å². The molecule has 7 nitrogen and oxygen atoms in total. The number of carboxylic acids is 1. The SMILES string of the molecule is O=C(O)CCc1n[nH]c(=S)n(/N=C\c2ccccc2C(F)(F)F)c1=O. The molecule has 1 heterocycles. The zero-order valence-electron chi connectivity index (χ0n) is 12.4. The van der Waals surface area contributed by atoms with Crippen LogP contribution >= 0.6 is 12.2 Å². The molecule has 11 heteroatoms. The minimum absolute atomic E-state index is 0.141. The normalized spacial score (nSPS) is 11.8. The van der Waals surface area contributed by atoms with E-state index in [0.717, 1.165) is 12.3 Å². The molecule has 25 heavy (non-hydrogen) atoms. The molecule has 0 spiro atoms.